The van der Waals surface area contributed by atoms with Crippen LogP contribution in [0.15, 0.2) is 0 Å². The second-order valence-electron chi connectivity index (χ2n) is 4.78. The molecule has 0 radical (unpaired) electrons. The smallest absolute Gasteiger partial charge is 0.220 e. The molecule has 1 rings (SSSR count). The van der Waals surface area contributed by atoms with E-state index >= 15 is 0 Å². The van der Waals surface area contributed by atoms with Crippen molar-refractivity contribution in [3.8, 4) is 0 Å². The number of rotatable bonds is 4. The van der Waals surface area contributed by atoms with Crippen molar-refractivity contribution < 1.29 is 4.79 Å². The summed E-state index contributed by atoms with van der Waals surface area (Å²) in [7, 11) is 0. The Kier molecular flexibility index (Phi) is 3.93. The SMILES string of the molecule is CCC(C)(C)NCC1CCCC(=O)N1. The van der Waals surface area contributed by atoms with E-state index in [1.807, 2.05) is 0 Å². The summed E-state index contributed by atoms with van der Waals surface area (Å²) in [6.45, 7) is 7.45. The van der Waals surface area contributed by atoms with Gasteiger partial charge in [-0.25, -0.2) is 0 Å². The van der Waals surface area contributed by atoms with Crippen LogP contribution >= 0.6 is 0 Å². The van der Waals surface area contributed by atoms with Gasteiger partial charge in [0.25, 0.3) is 0 Å². The fourth-order valence-electron chi connectivity index (χ4n) is 1.56. The molecule has 1 atom stereocenters. The highest BCUT2D eigenvalue weighted by molar-refractivity contribution is 5.76. The van der Waals surface area contributed by atoms with Crippen molar-refractivity contribution >= 4 is 5.91 Å². The third kappa shape index (κ3) is 3.66. The van der Waals surface area contributed by atoms with Crippen molar-refractivity contribution in [2.45, 2.75) is 58.0 Å². The maximum Gasteiger partial charge on any atom is 0.220 e. The monoisotopic (exact) mass is 198 g/mol. The van der Waals surface area contributed by atoms with Crippen molar-refractivity contribution in [3.63, 3.8) is 0 Å². The van der Waals surface area contributed by atoms with E-state index in [0.717, 1.165) is 25.8 Å². The van der Waals surface area contributed by atoms with Gasteiger partial charge >= 0.3 is 0 Å². The normalized spacial score (nSPS) is 23.4. The molecule has 0 aromatic carbocycles. The first-order chi connectivity index (χ1) is 6.53. The van der Waals surface area contributed by atoms with E-state index in [1.165, 1.54) is 0 Å². The van der Waals surface area contributed by atoms with E-state index in [2.05, 4.69) is 31.4 Å². The largest absolute Gasteiger partial charge is 0.352 e. The molecule has 82 valence electrons. The van der Waals surface area contributed by atoms with Gasteiger partial charge in [-0.1, -0.05) is 6.92 Å². The highest BCUT2D eigenvalue weighted by Gasteiger charge is 2.21. The second kappa shape index (κ2) is 4.78. The fraction of sp³-hybridized carbons (Fsp3) is 0.909. The molecule has 1 unspecified atom stereocenters. The van der Waals surface area contributed by atoms with Gasteiger partial charge in [0.05, 0.1) is 0 Å². The van der Waals surface area contributed by atoms with Crippen LogP contribution in [0, 0.1) is 0 Å². The molecule has 0 spiro atoms. The van der Waals surface area contributed by atoms with Gasteiger partial charge in [0.15, 0.2) is 0 Å². The number of hydrogen-bond acceptors (Lipinski definition) is 2. The minimum atomic E-state index is 0.183. The molecule has 2 N–H and O–H groups in total. The highest BCUT2D eigenvalue weighted by Crippen LogP contribution is 2.10. The average Bonchev–Trinajstić information content (AvgIpc) is 2.15. The second-order valence-corrected chi connectivity index (χ2v) is 4.78. The van der Waals surface area contributed by atoms with E-state index in [1.54, 1.807) is 0 Å². The molecular formula is C11H22N2O. The molecule has 0 aromatic heterocycles. The van der Waals surface area contributed by atoms with Crippen LogP contribution < -0.4 is 10.6 Å². The van der Waals surface area contributed by atoms with Crippen molar-refractivity contribution in [2.24, 2.45) is 0 Å². The summed E-state index contributed by atoms with van der Waals surface area (Å²) in [6.07, 6.45) is 3.95. The number of piperidine rings is 1. The Hall–Kier alpha value is -0.570. The molecule has 0 aliphatic carbocycles. The van der Waals surface area contributed by atoms with E-state index in [9.17, 15) is 4.79 Å². The molecule has 3 nitrogen and oxygen atoms in total. The summed E-state index contributed by atoms with van der Waals surface area (Å²) in [6, 6.07) is 0.335. The third-order valence-corrected chi connectivity index (χ3v) is 3.03. The van der Waals surface area contributed by atoms with E-state index in [0.29, 0.717) is 12.5 Å². The Bertz CT molecular complexity index is 201. The summed E-state index contributed by atoms with van der Waals surface area (Å²) in [5.41, 5.74) is 0.183. The highest BCUT2D eigenvalue weighted by atomic mass is 16.1. The molecule has 1 saturated heterocycles. The van der Waals surface area contributed by atoms with Crippen LogP contribution in [0.3, 0.4) is 0 Å². The summed E-state index contributed by atoms with van der Waals surface area (Å²) >= 11 is 0. The Morgan fingerprint density at radius 2 is 2.29 bits per heavy atom. The fourth-order valence-corrected chi connectivity index (χ4v) is 1.56. The summed E-state index contributed by atoms with van der Waals surface area (Å²) in [4.78, 5) is 11.1. The first-order valence-corrected chi connectivity index (χ1v) is 5.58. The Morgan fingerprint density at radius 1 is 1.57 bits per heavy atom. The zero-order chi connectivity index (χ0) is 10.6. The lowest BCUT2D eigenvalue weighted by molar-refractivity contribution is -0.123. The maximum absolute atomic E-state index is 11.1. The van der Waals surface area contributed by atoms with Crippen LogP contribution in [0.2, 0.25) is 0 Å². The topological polar surface area (TPSA) is 41.1 Å². The molecule has 0 saturated carbocycles. The van der Waals surface area contributed by atoms with Crippen molar-refractivity contribution in [3.05, 3.63) is 0 Å². The van der Waals surface area contributed by atoms with Crippen LogP contribution in [0.4, 0.5) is 0 Å². The quantitative estimate of drug-likeness (QED) is 0.717. The number of nitrogens with one attached hydrogen (secondary N) is 2. The molecule has 1 aliphatic heterocycles. The minimum absolute atomic E-state index is 0.183. The molecule has 1 heterocycles. The van der Waals surface area contributed by atoms with E-state index in [4.69, 9.17) is 0 Å². The predicted molar refractivity (Wildman–Crippen MR) is 58.2 cm³/mol. The van der Waals surface area contributed by atoms with Gasteiger partial charge in [0, 0.05) is 24.5 Å². The lowest BCUT2D eigenvalue weighted by Crippen LogP contribution is -2.50. The molecule has 0 aromatic rings. The van der Waals surface area contributed by atoms with Crippen LogP contribution in [-0.2, 0) is 4.79 Å². The molecule has 14 heavy (non-hydrogen) atoms. The lowest BCUT2D eigenvalue weighted by atomic mass is 9.99. The van der Waals surface area contributed by atoms with Crippen molar-refractivity contribution in [1.82, 2.24) is 10.6 Å². The van der Waals surface area contributed by atoms with Gasteiger partial charge < -0.3 is 10.6 Å². The Balaban J connectivity index is 2.27. The molecule has 0 bridgehead atoms. The van der Waals surface area contributed by atoms with Gasteiger partial charge in [0.2, 0.25) is 5.91 Å². The minimum Gasteiger partial charge on any atom is -0.352 e. The Morgan fingerprint density at radius 3 is 2.86 bits per heavy atom. The molecule has 1 fully saturated rings. The number of carbonyl (C=O) groups is 1. The van der Waals surface area contributed by atoms with Crippen LogP contribution in [0.5, 0.6) is 0 Å². The van der Waals surface area contributed by atoms with E-state index in [-0.39, 0.29) is 11.4 Å². The molecule has 1 aliphatic rings. The van der Waals surface area contributed by atoms with Gasteiger partial charge in [-0.15, -0.1) is 0 Å². The van der Waals surface area contributed by atoms with Crippen LogP contribution in [0.25, 0.3) is 0 Å². The first-order valence-electron chi connectivity index (χ1n) is 5.58. The van der Waals surface area contributed by atoms with Crippen molar-refractivity contribution in [2.75, 3.05) is 6.54 Å². The average molecular weight is 198 g/mol. The zero-order valence-corrected chi connectivity index (χ0v) is 9.52. The molecular weight excluding hydrogens is 176 g/mol. The molecule has 3 heteroatoms. The Labute approximate surface area is 86.6 Å². The van der Waals surface area contributed by atoms with Gasteiger partial charge in [-0.05, 0) is 33.1 Å². The van der Waals surface area contributed by atoms with E-state index < -0.39 is 0 Å². The van der Waals surface area contributed by atoms with Gasteiger partial charge in [-0.2, -0.15) is 0 Å². The third-order valence-electron chi connectivity index (χ3n) is 3.03. The summed E-state index contributed by atoms with van der Waals surface area (Å²) < 4.78 is 0. The van der Waals surface area contributed by atoms with Crippen LogP contribution in [-0.4, -0.2) is 24.0 Å². The van der Waals surface area contributed by atoms with Gasteiger partial charge in [-0.3, -0.25) is 4.79 Å². The first kappa shape index (κ1) is 11.5. The zero-order valence-electron chi connectivity index (χ0n) is 9.52. The predicted octanol–water partition coefficient (Wildman–Crippen LogP) is 1.43. The molecule has 1 amide bonds. The number of hydrogen-bond donors (Lipinski definition) is 2. The number of amides is 1. The van der Waals surface area contributed by atoms with Crippen LogP contribution in [0.1, 0.15) is 46.5 Å². The van der Waals surface area contributed by atoms with Gasteiger partial charge in [0.1, 0.15) is 0 Å². The summed E-state index contributed by atoms with van der Waals surface area (Å²) in [5.74, 6) is 0.206. The number of carbonyl (C=O) groups excluding carboxylic acids is 1. The lowest BCUT2D eigenvalue weighted by Gasteiger charge is -2.30. The maximum atomic E-state index is 11.1. The van der Waals surface area contributed by atoms with Crippen molar-refractivity contribution in [1.29, 1.82) is 0 Å². The summed E-state index contributed by atoms with van der Waals surface area (Å²) in [5, 5.41) is 6.50. The standard InChI is InChI=1S/C11H22N2O/c1-4-11(2,3)12-8-9-6-5-7-10(14)13-9/h9,12H,4-8H2,1-3H3,(H,13,14).